The third-order valence-corrected chi connectivity index (χ3v) is 6.15. The highest BCUT2D eigenvalue weighted by Gasteiger charge is 2.63. The molecule has 2 aliphatic heterocycles. The van der Waals surface area contributed by atoms with Gasteiger partial charge in [-0.3, -0.25) is 0 Å². The predicted molar refractivity (Wildman–Crippen MR) is 88.0 cm³/mol. The fraction of sp³-hybridized carbons (Fsp3) is 0.158. The Bertz CT molecular complexity index is 905. The van der Waals surface area contributed by atoms with Crippen molar-refractivity contribution in [1.82, 2.24) is 0 Å². The summed E-state index contributed by atoms with van der Waals surface area (Å²) >= 11 is 1.58. The molecular weight excluding hydrogens is 308 g/mol. The van der Waals surface area contributed by atoms with Crippen LogP contribution < -0.4 is 0 Å². The number of esters is 2. The molecule has 0 bridgehead atoms. The molecule has 5 aliphatic rings. The molecule has 2 heterocycles. The molecule has 1 atom stereocenters. The van der Waals surface area contributed by atoms with Crippen molar-refractivity contribution in [2.45, 2.75) is 12.8 Å². The van der Waals surface area contributed by atoms with E-state index in [9.17, 15) is 9.59 Å². The Kier molecular flexibility index (Phi) is 2.49. The predicted octanol–water partition coefficient (Wildman–Crippen LogP) is 3.65. The summed E-state index contributed by atoms with van der Waals surface area (Å²) < 4.78 is 5.13. The summed E-state index contributed by atoms with van der Waals surface area (Å²) in [5.41, 5.74) is 2.39. The first-order valence-electron chi connectivity index (χ1n) is 7.57. The number of hydrogen-bond donors (Lipinski definition) is 0. The maximum absolute atomic E-state index is 12.8. The largest absolute Gasteiger partial charge is 0.388 e. The van der Waals surface area contributed by atoms with E-state index < -0.39 is 17.4 Å². The van der Waals surface area contributed by atoms with E-state index in [1.165, 1.54) is 0 Å². The minimum Gasteiger partial charge on any atom is -0.388 e. The Balaban J connectivity index is 1.89. The molecular formula is C19H12O3S. The second-order valence-corrected chi connectivity index (χ2v) is 7.07. The number of allylic oxidation sites excluding steroid dienone is 10. The average molecular weight is 320 g/mol. The van der Waals surface area contributed by atoms with E-state index in [0.717, 1.165) is 33.0 Å². The molecule has 3 aliphatic carbocycles. The van der Waals surface area contributed by atoms with E-state index in [4.69, 9.17) is 4.74 Å². The second-order valence-electron chi connectivity index (χ2n) is 5.98. The van der Waals surface area contributed by atoms with Crippen LogP contribution in [0.1, 0.15) is 12.8 Å². The monoisotopic (exact) mass is 320 g/mol. The van der Waals surface area contributed by atoms with Gasteiger partial charge >= 0.3 is 11.9 Å². The summed E-state index contributed by atoms with van der Waals surface area (Å²) in [6.45, 7) is 0. The van der Waals surface area contributed by atoms with Gasteiger partial charge in [-0.25, -0.2) is 9.59 Å². The van der Waals surface area contributed by atoms with Gasteiger partial charge in [-0.15, -0.1) is 0 Å². The Morgan fingerprint density at radius 1 is 1.00 bits per heavy atom. The summed E-state index contributed by atoms with van der Waals surface area (Å²) in [4.78, 5) is 27.3. The fourth-order valence-corrected chi connectivity index (χ4v) is 5.19. The van der Waals surface area contributed by atoms with Crippen LogP contribution in [0.4, 0.5) is 0 Å². The maximum atomic E-state index is 12.8. The Labute approximate surface area is 137 Å². The maximum Gasteiger partial charge on any atom is 0.343 e. The molecule has 3 nitrogen and oxygen atoms in total. The third kappa shape index (κ3) is 1.47. The molecule has 1 spiro atoms. The fourth-order valence-electron chi connectivity index (χ4n) is 3.91. The third-order valence-electron chi connectivity index (χ3n) is 4.89. The van der Waals surface area contributed by atoms with E-state index in [1.807, 2.05) is 36.5 Å². The average Bonchev–Trinajstić information content (AvgIpc) is 2.85. The molecule has 0 radical (unpaired) electrons. The normalized spacial score (nSPS) is 30.4. The van der Waals surface area contributed by atoms with Gasteiger partial charge in [-0.1, -0.05) is 54.3 Å². The van der Waals surface area contributed by atoms with Crippen molar-refractivity contribution in [3.05, 3.63) is 80.7 Å². The number of rotatable bonds is 0. The van der Waals surface area contributed by atoms with Crippen LogP contribution in [-0.4, -0.2) is 11.9 Å². The number of carbonyl (C=O) groups is 2. The van der Waals surface area contributed by atoms with Crippen LogP contribution in [0, 0.1) is 5.41 Å². The lowest BCUT2D eigenvalue weighted by Gasteiger charge is -2.40. The number of thioether (sulfide) groups is 1. The van der Waals surface area contributed by atoms with Crippen molar-refractivity contribution in [1.29, 1.82) is 0 Å². The number of hydrogen-bond acceptors (Lipinski definition) is 4. The van der Waals surface area contributed by atoms with Crippen molar-refractivity contribution >= 4 is 23.7 Å². The minimum absolute atomic E-state index is 0.454. The summed E-state index contributed by atoms with van der Waals surface area (Å²) in [7, 11) is 0. The minimum atomic E-state index is -1.05. The van der Waals surface area contributed by atoms with Gasteiger partial charge in [0.15, 0.2) is 5.41 Å². The van der Waals surface area contributed by atoms with E-state index in [-0.39, 0.29) is 0 Å². The van der Waals surface area contributed by atoms with E-state index in [0.29, 0.717) is 12.0 Å². The van der Waals surface area contributed by atoms with Crippen molar-refractivity contribution in [2.75, 3.05) is 0 Å². The molecule has 0 N–H and O–H groups in total. The highest BCUT2D eigenvalue weighted by Crippen LogP contribution is 2.63. The molecule has 112 valence electrons. The molecule has 1 saturated heterocycles. The van der Waals surface area contributed by atoms with Crippen LogP contribution in [0.5, 0.6) is 0 Å². The van der Waals surface area contributed by atoms with Crippen molar-refractivity contribution < 1.29 is 14.3 Å². The van der Waals surface area contributed by atoms with Crippen LogP contribution in [0.15, 0.2) is 80.7 Å². The number of fused-ring (bicyclic) bond motifs is 2. The highest BCUT2D eigenvalue weighted by atomic mass is 32.2. The molecule has 0 aromatic rings. The lowest BCUT2D eigenvalue weighted by Crippen LogP contribution is -2.37. The first kappa shape index (κ1) is 13.1. The summed E-state index contributed by atoms with van der Waals surface area (Å²) in [5.74, 6) is -0.946. The first-order valence-corrected chi connectivity index (χ1v) is 8.39. The van der Waals surface area contributed by atoms with Crippen molar-refractivity contribution in [3.63, 3.8) is 0 Å². The van der Waals surface area contributed by atoms with E-state index in [2.05, 4.69) is 12.2 Å². The smallest absolute Gasteiger partial charge is 0.343 e. The molecule has 0 saturated carbocycles. The van der Waals surface area contributed by atoms with E-state index >= 15 is 0 Å². The summed E-state index contributed by atoms with van der Waals surface area (Å²) in [5, 5.41) is 0. The van der Waals surface area contributed by atoms with Crippen LogP contribution in [-0.2, 0) is 14.3 Å². The van der Waals surface area contributed by atoms with Crippen molar-refractivity contribution in [3.8, 4) is 0 Å². The second kappa shape index (κ2) is 4.36. The molecule has 23 heavy (non-hydrogen) atoms. The lowest BCUT2D eigenvalue weighted by atomic mass is 9.66. The topological polar surface area (TPSA) is 43.4 Å². The highest BCUT2D eigenvalue weighted by molar-refractivity contribution is 8.07. The van der Waals surface area contributed by atoms with Crippen LogP contribution in [0.2, 0.25) is 0 Å². The van der Waals surface area contributed by atoms with E-state index in [1.54, 1.807) is 11.8 Å². The number of carbonyl (C=O) groups excluding carboxylic acids is 2. The zero-order valence-corrected chi connectivity index (χ0v) is 13.0. The molecule has 4 heteroatoms. The van der Waals surface area contributed by atoms with Crippen molar-refractivity contribution in [2.24, 2.45) is 5.41 Å². The summed E-state index contributed by atoms with van der Waals surface area (Å²) in [6, 6.07) is 0. The zero-order chi connectivity index (χ0) is 15.6. The molecule has 1 fully saturated rings. The molecule has 0 aromatic carbocycles. The zero-order valence-electron chi connectivity index (χ0n) is 12.2. The Morgan fingerprint density at radius 3 is 2.74 bits per heavy atom. The lowest BCUT2D eigenvalue weighted by molar-refractivity contribution is -0.153. The van der Waals surface area contributed by atoms with Gasteiger partial charge in [0.1, 0.15) is 0 Å². The van der Waals surface area contributed by atoms with Crippen LogP contribution in [0.3, 0.4) is 0 Å². The molecule has 0 amide bonds. The quantitative estimate of drug-likeness (QED) is 0.505. The van der Waals surface area contributed by atoms with Gasteiger partial charge in [0.05, 0.1) is 5.57 Å². The standard InChI is InChI=1S/C19H12O3S/c20-17-16-12-6-2-4-8-14(12)23-15-10-9-11-5-1-3-7-13(11)19(15,16)18(21)22-17/h1-4,7-10H,5-6H2/t19-/m1/s1. The number of cyclic esters (lactones) is 2. The van der Waals surface area contributed by atoms with Gasteiger partial charge < -0.3 is 4.74 Å². The van der Waals surface area contributed by atoms with Gasteiger partial charge in [-0.05, 0) is 35.6 Å². The molecule has 0 unspecified atom stereocenters. The van der Waals surface area contributed by atoms with Gasteiger partial charge in [0.25, 0.3) is 0 Å². The first-order chi connectivity index (χ1) is 11.2. The van der Waals surface area contributed by atoms with Gasteiger partial charge in [0, 0.05) is 9.81 Å². The Hall–Kier alpha value is -2.33. The van der Waals surface area contributed by atoms with Crippen LogP contribution in [0.25, 0.3) is 0 Å². The SMILES string of the molecule is O=C1OC(=O)[C@@]23C(=CC=C4CC=CC=C42)SC2=CC=CCC2=C13. The van der Waals surface area contributed by atoms with Gasteiger partial charge in [-0.2, -0.15) is 0 Å². The number of ether oxygens (including phenoxy) is 1. The van der Waals surface area contributed by atoms with Crippen LogP contribution >= 0.6 is 11.8 Å². The molecule has 5 rings (SSSR count). The molecule has 0 aromatic heterocycles. The van der Waals surface area contributed by atoms with Gasteiger partial charge in [0.2, 0.25) is 0 Å². The Morgan fingerprint density at radius 2 is 1.83 bits per heavy atom. The summed E-state index contributed by atoms with van der Waals surface area (Å²) in [6.07, 6.45) is 17.5.